The first-order valence-electron chi connectivity index (χ1n) is 6.85. The average molecular weight is 373 g/mol. The highest BCUT2D eigenvalue weighted by molar-refractivity contribution is 7.89. The lowest BCUT2D eigenvalue weighted by Crippen LogP contribution is -2.38. The van der Waals surface area contributed by atoms with Gasteiger partial charge in [-0.05, 0) is 17.7 Å². The quantitative estimate of drug-likeness (QED) is 0.828. The highest BCUT2D eigenvalue weighted by Gasteiger charge is 2.30. The molecule has 0 bridgehead atoms. The largest absolute Gasteiger partial charge is 0.372 e. The number of alkyl halides is 2. The van der Waals surface area contributed by atoms with Crippen molar-refractivity contribution >= 4 is 21.6 Å². The standard InChI is InChI=1S/C13H16ClF3N2O3S/c14-10-2-1-8(5-11(10)15)12-9(6-18-3-4-22-12)7-19-23(20,21)13(16)17/h1-2,5,9,12-13,18-19H,3-4,6-7H2/t9-,12-/m0/s1. The first kappa shape index (κ1) is 18.5. The van der Waals surface area contributed by atoms with Crippen LogP contribution in [0, 0.1) is 11.7 Å². The Morgan fingerprint density at radius 2 is 2.17 bits per heavy atom. The van der Waals surface area contributed by atoms with Crippen molar-refractivity contribution < 1.29 is 26.3 Å². The SMILES string of the molecule is O=S(=O)(NC[C@@H]1CNCCO[C@H]1c1ccc(Cl)c(F)c1)C(F)F. The van der Waals surface area contributed by atoms with Crippen LogP contribution in [0.15, 0.2) is 18.2 Å². The van der Waals surface area contributed by atoms with Crippen LogP contribution in [-0.2, 0) is 14.8 Å². The summed E-state index contributed by atoms with van der Waals surface area (Å²) in [6, 6.07) is 4.14. The number of rotatable bonds is 5. The first-order valence-corrected chi connectivity index (χ1v) is 8.77. The van der Waals surface area contributed by atoms with E-state index in [1.54, 1.807) is 6.07 Å². The Morgan fingerprint density at radius 1 is 1.43 bits per heavy atom. The van der Waals surface area contributed by atoms with E-state index in [9.17, 15) is 21.6 Å². The predicted molar refractivity (Wildman–Crippen MR) is 79.4 cm³/mol. The summed E-state index contributed by atoms with van der Waals surface area (Å²) in [5, 5.41) is 2.98. The van der Waals surface area contributed by atoms with E-state index in [2.05, 4.69) is 5.32 Å². The second kappa shape index (κ2) is 7.80. The van der Waals surface area contributed by atoms with Crippen LogP contribution < -0.4 is 10.0 Å². The van der Waals surface area contributed by atoms with Crippen molar-refractivity contribution in [1.82, 2.24) is 10.0 Å². The summed E-state index contributed by atoms with van der Waals surface area (Å²) in [5.74, 6) is -4.61. The zero-order chi connectivity index (χ0) is 17.0. The van der Waals surface area contributed by atoms with Gasteiger partial charge < -0.3 is 10.1 Å². The van der Waals surface area contributed by atoms with Crippen molar-refractivity contribution in [1.29, 1.82) is 0 Å². The number of sulfonamides is 1. The molecule has 0 aliphatic carbocycles. The molecule has 2 atom stereocenters. The molecule has 2 rings (SSSR count). The highest BCUT2D eigenvalue weighted by atomic mass is 35.5. The Kier molecular flexibility index (Phi) is 6.26. The van der Waals surface area contributed by atoms with Gasteiger partial charge in [-0.3, -0.25) is 0 Å². The van der Waals surface area contributed by atoms with Gasteiger partial charge in [0, 0.05) is 25.6 Å². The Labute approximate surface area is 137 Å². The second-order valence-electron chi connectivity index (χ2n) is 5.08. The van der Waals surface area contributed by atoms with Gasteiger partial charge >= 0.3 is 5.76 Å². The van der Waals surface area contributed by atoms with Crippen LogP contribution in [0.25, 0.3) is 0 Å². The molecule has 1 heterocycles. The maximum atomic E-state index is 13.6. The van der Waals surface area contributed by atoms with Gasteiger partial charge in [-0.25, -0.2) is 17.5 Å². The molecule has 1 aromatic rings. The summed E-state index contributed by atoms with van der Waals surface area (Å²) in [7, 11) is -4.69. The van der Waals surface area contributed by atoms with E-state index in [4.69, 9.17) is 16.3 Å². The molecule has 0 saturated carbocycles. The molecule has 0 aromatic heterocycles. The fraction of sp³-hybridized carbons (Fsp3) is 0.538. The van der Waals surface area contributed by atoms with Crippen LogP contribution in [0.4, 0.5) is 13.2 Å². The maximum Gasteiger partial charge on any atom is 0.350 e. The molecule has 0 spiro atoms. The van der Waals surface area contributed by atoms with E-state index in [0.29, 0.717) is 25.3 Å². The fourth-order valence-electron chi connectivity index (χ4n) is 2.31. The number of halogens is 4. The van der Waals surface area contributed by atoms with Crippen LogP contribution in [-0.4, -0.2) is 40.4 Å². The summed E-state index contributed by atoms with van der Waals surface area (Å²) in [5.41, 5.74) is 0.469. The molecule has 1 saturated heterocycles. The van der Waals surface area contributed by atoms with Gasteiger partial charge in [-0.15, -0.1) is 0 Å². The molecule has 1 aliphatic rings. The van der Waals surface area contributed by atoms with Gasteiger partial charge in [0.25, 0.3) is 10.0 Å². The lowest BCUT2D eigenvalue weighted by Gasteiger charge is -2.25. The van der Waals surface area contributed by atoms with Gasteiger partial charge in [-0.2, -0.15) is 8.78 Å². The summed E-state index contributed by atoms with van der Waals surface area (Å²) in [4.78, 5) is 0. The Balaban J connectivity index is 2.18. The minimum absolute atomic E-state index is 0.0459. The zero-order valence-corrected chi connectivity index (χ0v) is 13.5. The van der Waals surface area contributed by atoms with E-state index in [1.807, 2.05) is 4.72 Å². The minimum Gasteiger partial charge on any atom is -0.372 e. The monoisotopic (exact) mass is 372 g/mol. The zero-order valence-electron chi connectivity index (χ0n) is 11.9. The maximum absolute atomic E-state index is 13.6. The van der Waals surface area contributed by atoms with Gasteiger partial charge in [0.1, 0.15) is 5.82 Å². The van der Waals surface area contributed by atoms with Gasteiger partial charge in [0.15, 0.2) is 0 Å². The Bertz CT molecular complexity index is 645. The number of hydrogen-bond donors (Lipinski definition) is 2. The smallest absolute Gasteiger partial charge is 0.350 e. The molecule has 5 nitrogen and oxygen atoms in total. The van der Waals surface area contributed by atoms with Crippen molar-refractivity contribution in [2.24, 2.45) is 5.92 Å². The van der Waals surface area contributed by atoms with Gasteiger partial charge in [-0.1, -0.05) is 17.7 Å². The average Bonchev–Trinajstić information content (AvgIpc) is 2.73. The molecule has 130 valence electrons. The molecular weight excluding hydrogens is 357 g/mol. The van der Waals surface area contributed by atoms with E-state index in [1.165, 1.54) is 12.1 Å². The number of hydrogen-bond acceptors (Lipinski definition) is 4. The molecule has 23 heavy (non-hydrogen) atoms. The van der Waals surface area contributed by atoms with Crippen LogP contribution >= 0.6 is 11.6 Å². The molecule has 0 unspecified atom stereocenters. The Morgan fingerprint density at radius 3 is 2.83 bits per heavy atom. The topological polar surface area (TPSA) is 67.4 Å². The molecule has 1 aromatic carbocycles. The number of ether oxygens (including phenoxy) is 1. The molecule has 0 radical (unpaired) electrons. The fourth-order valence-corrected chi connectivity index (χ4v) is 3.00. The van der Waals surface area contributed by atoms with Gasteiger partial charge in [0.2, 0.25) is 0 Å². The summed E-state index contributed by atoms with van der Waals surface area (Å²) >= 11 is 5.64. The normalized spacial score (nSPS) is 23.0. The summed E-state index contributed by atoms with van der Waals surface area (Å²) in [6.45, 7) is 0.924. The van der Waals surface area contributed by atoms with E-state index in [0.717, 1.165) is 0 Å². The predicted octanol–water partition coefficient (Wildman–Crippen LogP) is 1.90. The Hall–Kier alpha value is -0.870. The first-order chi connectivity index (χ1) is 10.8. The molecule has 2 N–H and O–H groups in total. The third-order valence-electron chi connectivity index (χ3n) is 3.46. The molecule has 1 fully saturated rings. The lowest BCUT2D eigenvalue weighted by atomic mass is 9.95. The molecule has 10 heteroatoms. The third kappa shape index (κ3) is 4.80. The number of nitrogens with one attached hydrogen (secondary N) is 2. The van der Waals surface area contributed by atoms with Crippen LogP contribution in [0.5, 0.6) is 0 Å². The van der Waals surface area contributed by atoms with Crippen molar-refractivity contribution in [3.8, 4) is 0 Å². The third-order valence-corrected chi connectivity index (χ3v) is 4.81. The van der Waals surface area contributed by atoms with Crippen LogP contribution in [0.2, 0.25) is 5.02 Å². The minimum atomic E-state index is -4.69. The van der Waals surface area contributed by atoms with Crippen LogP contribution in [0.3, 0.4) is 0 Å². The molecule has 1 aliphatic heterocycles. The van der Waals surface area contributed by atoms with Crippen LogP contribution in [0.1, 0.15) is 11.7 Å². The highest BCUT2D eigenvalue weighted by Crippen LogP contribution is 2.29. The van der Waals surface area contributed by atoms with Crippen molar-refractivity contribution in [3.05, 3.63) is 34.6 Å². The van der Waals surface area contributed by atoms with E-state index in [-0.39, 0.29) is 11.6 Å². The molecular formula is C13H16ClF3N2O3S. The van der Waals surface area contributed by atoms with E-state index < -0.39 is 33.6 Å². The summed E-state index contributed by atoms with van der Waals surface area (Å²) < 4.78 is 68.3. The van der Waals surface area contributed by atoms with Crippen molar-refractivity contribution in [3.63, 3.8) is 0 Å². The van der Waals surface area contributed by atoms with E-state index >= 15 is 0 Å². The van der Waals surface area contributed by atoms with Gasteiger partial charge in [0.05, 0.1) is 17.7 Å². The van der Waals surface area contributed by atoms with Crippen molar-refractivity contribution in [2.75, 3.05) is 26.2 Å². The lowest BCUT2D eigenvalue weighted by molar-refractivity contribution is 0.0319. The number of benzene rings is 1. The summed E-state index contributed by atoms with van der Waals surface area (Å²) in [6.07, 6.45) is -0.642. The molecule has 0 amide bonds. The second-order valence-corrected chi connectivity index (χ2v) is 7.23. The van der Waals surface area contributed by atoms with Crippen molar-refractivity contribution in [2.45, 2.75) is 11.9 Å².